The number of aliphatic hydroxyl groups excluding tert-OH is 2. The lowest BCUT2D eigenvalue weighted by atomic mass is 9.88. The van der Waals surface area contributed by atoms with Crippen molar-refractivity contribution in [2.75, 3.05) is 0 Å². The Hall–Kier alpha value is -1.46. The van der Waals surface area contributed by atoms with Crippen molar-refractivity contribution in [2.45, 2.75) is 84.3 Å². The van der Waals surface area contributed by atoms with Gasteiger partial charge in [0.15, 0.2) is 0 Å². The van der Waals surface area contributed by atoms with E-state index in [0.29, 0.717) is 12.8 Å². The van der Waals surface area contributed by atoms with Crippen LogP contribution in [0, 0.1) is 17.8 Å². The lowest BCUT2D eigenvalue weighted by molar-refractivity contribution is -0.137. The monoisotopic (exact) mass is 380 g/mol. The van der Waals surface area contributed by atoms with Crippen molar-refractivity contribution >= 4 is 11.8 Å². The van der Waals surface area contributed by atoms with E-state index in [9.17, 15) is 19.8 Å². The van der Waals surface area contributed by atoms with E-state index in [1.807, 2.05) is 26.8 Å². The van der Waals surface area contributed by atoms with E-state index in [0.717, 1.165) is 25.7 Å². The molecule has 1 aliphatic carbocycles. The Balaban J connectivity index is 2.51. The quantitative estimate of drug-likeness (QED) is 0.353. The van der Waals surface area contributed by atoms with Gasteiger partial charge in [-0.05, 0) is 39.0 Å². The Morgan fingerprint density at radius 3 is 2.52 bits per heavy atom. The first-order valence-corrected chi connectivity index (χ1v) is 10.1. The van der Waals surface area contributed by atoms with Crippen LogP contribution in [0.2, 0.25) is 0 Å². The maximum Gasteiger partial charge on any atom is 0.303 e. The summed E-state index contributed by atoms with van der Waals surface area (Å²) in [7, 11) is 0. The van der Waals surface area contributed by atoms with Gasteiger partial charge in [-0.15, -0.1) is 0 Å². The molecule has 5 nitrogen and oxygen atoms in total. The smallest absolute Gasteiger partial charge is 0.303 e. The van der Waals surface area contributed by atoms with Gasteiger partial charge in [-0.1, -0.05) is 50.0 Å². The molecule has 0 radical (unpaired) electrons. The largest absolute Gasteiger partial charge is 0.481 e. The van der Waals surface area contributed by atoms with Crippen molar-refractivity contribution in [2.24, 2.45) is 17.8 Å². The van der Waals surface area contributed by atoms with Gasteiger partial charge in [0.2, 0.25) is 0 Å². The maximum absolute atomic E-state index is 12.2. The maximum atomic E-state index is 12.2. The summed E-state index contributed by atoms with van der Waals surface area (Å²) in [5.74, 6) is -1.03. The number of ketones is 1. The number of carboxylic acid groups (broad SMARTS) is 1. The van der Waals surface area contributed by atoms with E-state index in [2.05, 4.69) is 6.08 Å². The average Bonchev–Trinajstić information content (AvgIpc) is 2.86. The third-order valence-corrected chi connectivity index (χ3v) is 5.40. The molecule has 154 valence electrons. The van der Waals surface area contributed by atoms with Crippen molar-refractivity contribution in [3.8, 4) is 0 Å². The molecule has 0 aliphatic heterocycles. The van der Waals surface area contributed by atoms with E-state index in [-0.39, 0.29) is 36.4 Å². The summed E-state index contributed by atoms with van der Waals surface area (Å²) < 4.78 is 0. The predicted octanol–water partition coefficient (Wildman–Crippen LogP) is 3.89. The highest BCUT2D eigenvalue weighted by atomic mass is 16.4. The number of carbonyl (C=O) groups is 2. The van der Waals surface area contributed by atoms with Crippen LogP contribution in [0.3, 0.4) is 0 Å². The third-order valence-electron chi connectivity index (χ3n) is 5.40. The number of unbranched alkanes of at least 4 members (excludes halogenated alkanes) is 3. The molecule has 0 aromatic heterocycles. The van der Waals surface area contributed by atoms with Crippen molar-refractivity contribution in [3.63, 3.8) is 0 Å². The molecular weight excluding hydrogens is 344 g/mol. The van der Waals surface area contributed by atoms with Gasteiger partial charge in [-0.2, -0.15) is 0 Å². The number of hydrogen-bond acceptors (Lipinski definition) is 4. The summed E-state index contributed by atoms with van der Waals surface area (Å²) in [4.78, 5) is 22.7. The fraction of sp³-hybridized carbons (Fsp3) is 0.727. The molecule has 1 aliphatic rings. The molecule has 0 spiro atoms. The van der Waals surface area contributed by atoms with Gasteiger partial charge in [0, 0.05) is 24.7 Å². The molecule has 1 saturated carbocycles. The van der Waals surface area contributed by atoms with E-state index in [1.165, 1.54) is 5.57 Å². The van der Waals surface area contributed by atoms with E-state index in [4.69, 9.17) is 5.11 Å². The molecule has 1 rings (SSSR count). The van der Waals surface area contributed by atoms with Gasteiger partial charge in [-0.25, -0.2) is 0 Å². The number of Topliss-reactive ketones (excluding diaryl/α,β-unsaturated/α-hetero) is 1. The first-order chi connectivity index (χ1) is 12.7. The Kier molecular flexibility index (Phi) is 10.6. The standard InChI is InChI=1S/C22H36O5/c1-15(2)10-11-16(3)19(23)13-12-18-17(20(24)14-21(18)25)8-6-4-5-7-9-22(26)27/h10,12-13,16-19,21,23,25H,4-9,11,14H2,1-3H3,(H,26,27)/t16?,17-,18-,19-,21-/m1/s1. The van der Waals surface area contributed by atoms with Crippen LogP contribution >= 0.6 is 0 Å². The van der Waals surface area contributed by atoms with Crippen molar-refractivity contribution in [1.82, 2.24) is 0 Å². The summed E-state index contributed by atoms with van der Waals surface area (Å²) >= 11 is 0. The van der Waals surface area contributed by atoms with E-state index in [1.54, 1.807) is 6.08 Å². The summed E-state index contributed by atoms with van der Waals surface area (Å²) in [5, 5.41) is 29.2. The second-order valence-electron chi connectivity index (χ2n) is 8.14. The number of carbonyl (C=O) groups excluding carboxylic acids is 1. The molecule has 0 aromatic rings. The Morgan fingerprint density at radius 1 is 1.22 bits per heavy atom. The molecule has 27 heavy (non-hydrogen) atoms. The summed E-state index contributed by atoms with van der Waals surface area (Å²) in [6, 6.07) is 0. The molecule has 5 heteroatoms. The summed E-state index contributed by atoms with van der Waals surface area (Å²) in [6.07, 6.45) is 9.52. The van der Waals surface area contributed by atoms with Gasteiger partial charge in [0.25, 0.3) is 0 Å². The second kappa shape index (κ2) is 12.1. The van der Waals surface area contributed by atoms with E-state index < -0.39 is 18.2 Å². The Labute approximate surface area is 163 Å². The molecule has 0 amide bonds. The van der Waals surface area contributed by atoms with Crippen LogP contribution in [0.1, 0.15) is 72.1 Å². The number of aliphatic carboxylic acids is 1. The lowest BCUT2D eigenvalue weighted by Crippen LogP contribution is -2.20. The van der Waals surface area contributed by atoms with Gasteiger partial charge in [-0.3, -0.25) is 9.59 Å². The molecule has 0 heterocycles. The van der Waals surface area contributed by atoms with Crippen LogP contribution in [-0.2, 0) is 9.59 Å². The molecule has 5 atom stereocenters. The number of allylic oxidation sites excluding steroid dienone is 2. The third kappa shape index (κ3) is 8.85. The zero-order valence-electron chi connectivity index (χ0n) is 16.9. The first-order valence-electron chi connectivity index (χ1n) is 10.1. The van der Waals surface area contributed by atoms with Crippen LogP contribution in [-0.4, -0.2) is 39.3 Å². The number of hydrogen-bond donors (Lipinski definition) is 3. The highest BCUT2D eigenvalue weighted by molar-refractivity contribution is 5.84. The van der Waals surface area contributed by atoms with Crippen LogP contribution in [0.4, 0.5) is 0 Å². The molecule has 0 saturated heterocycles. The van der Waals surface area contributed by atoms with Crippen LogP contribution < -0.4 is 0 Å². The fourth-order valence-electron chi connectivity index (χ4n) is 3.58. The van der Waals surface area contributed by atoms with Crippen molar-refractivity contribution in [1.29, 1.82) is 0 Å². The Bertz CT molecular complexity index is 533. The van der Waals surface area contributed by atoms with Crippen LogP contribution in [0.5, 0.6) is 0 Å². The highest BCUT2D eigenvalue weighted by Crippen LogP contribution is 2.34. The normalized spacial score (nSPS) is 24.9. The number of carboxylic acids is 1. The molecule has 0 bridgehead atoms. The first kappa shape index (κ1) is 23.6. The predicted molar refractivity (Wildman–Crippen MR) is 106 cm³/mol. The average molecular weight is 381 g/mol. The zero-order valence-corrected chi connectivity index (χ0v) is 16.9. The number of rotatable bonds is 12. The zero-order chi connectivity index (χ0) is 20.4. The lowest BCUT2D eigenvalue weighted by Gasteiger charge is -2.19. The molecule has 1 unspecified atom stereocenters. The molecule has 3 N–H and O–H groups in total. The molecule has 0 aromatic carbocycles. The fourth-order valence-corrected chi connectivity index (χ4v) is 3.58. The highest BCUT2D eigenvalue weighted by Gasteiger charge is 2.39. The SMILES string of the molecule is CC(C)=CCC(C)[C@H](O)C=C[C@H]1[C@H](O)CC(=O)[C@@H]1CCCCCCC(=O)O. The van der Waals surface area contributed by atoms with Gasteiger partial charge < -0.3 is 15.3 Å². The van der Waals surface area contributed by atoms with Crippen LogP contribution in [0.25, 0.3) is 0 Å². The van der Waals surface area contributed by atoms with Crippen molar-refractivity contribution in [3.05, 3.63) is 23.8 Å². The van der Waals surface area contributed by atoms with E-state index >= 15 is 0 Å². The topological polar surface area (TPSA) is 94.8 Å². The number of aliphatic hydroxyl groups is 2. The van der Waals surface area contributed by atoms with Gasteiger partial charge in [0.05, 0.1) is 12.2 Å². The summed E-state index contributed by atoms with van der Waals surface area (Å²) in [5.41, 5.74) is 1.22. The van der Waals surface area contributed by atoms with Gasteiger partial charge >= 0.3 is 5.97 Å². The minimum Gasteiger partial charge on any atom is -0.481 e. The van der Waals surface area contributed by atoms with Crippen molar-refractivity contribution < 1.29 is 24.9 Å². The molecule has 1 fully saturated rings. The molecular formula is C22H36O5. The second-order valence-corrected chi connectivity index (χ2v) is 8.14. The minimum atomic E-state index is -0.772. The summed E-state index contributed by atoms with van der Waals surface area (Å²) in [6.45, 7) is 6.04. The Morgan fingerprint density at radius 2 is 1.89 bits per heavy atom. The minimum absolute atomic E-state index is 0.0816. The van der Waals surface area contributed by atoms with Crippen LogP contribution in [0.15, 0.2) is 23.8 Å². The van der Waals surface area contributed by atoms with Gasteiger partial charge in [0.1, 0.15) is 5.78 Å².